The summed E-state index contributed by atoms with van der Waals surface area (Å²) in [6.07, 6.45) is 0. The van der Waals surface area contributed by atoms with E-state index in [4.69, 9.17) is 5.73 Å². The second-order valence-electron chi connectivity index (χ2n) is 4.74. The Kier molecular flexibility index (Phi) is 5.82. The maximum absolute atomic E-state index is 12.1. The number of carbonyl (C=O) groups is 1. The summed E-state index contributed by atoms with van der Waals surface area (Å²) >= 11 is 0. The van der Waals surface area contributed by atoms with E-state index in [9.17, 15) is 9.90 Å². The number of benzene rings is 1. The van der Waals surface area contributed by atoms with Gasteiger partial charge in [0.15, 0.2) is 0 Å². The van der Waals surface area contributed by atoms with Gasteiger partial charge in [-0.15, -0.1) is 0 Å². The first-order valence-corrected chi connectivity index (χ1v) is 6.26. The summed E-state index contributed by atoms with van der Waals surface area (Å²) in [6, 6.07) is 9.23. The normalized spacial score (nSPS) is 14.3. The Bertz CT molecular complexity index is 365. The van der Waals surface area contributed by atoms with Crippen molar-refractivity contribution in [1.29, 1.82) is 0 Å². The number of aliphatic hydroxyl groups is 1. The number of nitrogens with two attached hydrogens (primary N) is 1. The van der Waals surface area contributed by atoms with Crippen LogP contribution in [0.25, 0.3) is 0 Å². The Morgan fingerprint density at radius 3 is 2.39 bits per heavy atom. The van der Waals surface area contributed by atoms with Crippen LogP contribution < -0.4 is 11.1 Å². The molecule has 1 unspecified atom stereocenters. The fourth-order valence-electron chi connectivity index (χ4n) is 1.79. The average Bonchev–Trinajstić information content (AvgIpc) is 2.37. The van der Waals surface area contributed by atoms with Crippen molar-refractivity contribution in [3.63, 3.8) is 0 Å². The van der Waals surface area contributed by atoms with Crippen LogP contribution in [0.4, 0.5) is 0 Å². The summed E-state index contributed by atoms with van der Waals surface area (Å²) in [5, 5.41) is 12.1. The van der Waals surface area contributed by atoms with Gasteiger partial charge in [-0.1, -0.05) is 44.2 Å². The number of rotatable bonds is 6. The van der Waals surface area contributed by atoms with Crippen LogP contribution in [0.2, 0.25) is 0 Å². The second-order valence-corrected chi connectivity index (χ2v) is 4.74. The van der Waals surface area contributed by atoms with Crippen molar-refractivity contribution in [2.75, 3.05) is 13.2 Å². The minimum absolute atomic E-state index is 0.0600. The molecule has 2 atom stereocenters. The molecule has 1 aromatic carbocycles. The molecule has 0 aliphatic heterocycles. The molecule has 0 spiro atoms. The predicted octanol–water partition coefficient (Wildman–Crippen LogP) is 0.862. The summed E-state index contributed by atoms with van der Waals surface area (Å²) in [5.74, 6) is -0.302. The molecule has 4 N–H and O–H groups in total. The summed E-state index contributed by atoms with van der Waals surface area (Å²) in [7, 11) is 0. The molecule has 1 aromatic rings. The number of hydrogen-bond donors (Lipinski definition) is 3. The number of carbonyl (C=O) groups excluding carboxylic acids is 1. The highest BCUT2D eigenvalue weighted by Crippen LogP contribution is 2.15. The molecule has 4 heteroatoms. The molecule has 0 saturated carbocycles. The standard InChI is InChI=1S/C14H22N2O2/c1-10(2)13(9-17)16-14(18)12(8-15)11-6-4-3-5-7-11/h3-7,10,12-13,17H,8-9,15H2,1-2H3,(H,16,18)/t12?,13-/m1/s1. The lowest BCUT2D eigenvalue weighted by molar-refractivity contribution is -0.123. The highest BCUT2D eigenvalue weighted by Gasteiger charge is 2.22. The molecule has 0 saturated heterocycles. The zero-order chi connectivity index (χ0) is 13.5. The molecule has 1 amide bonds. The van der Waals surface area contributed by atoms with E-state index in [2.05, 4.69) is 5.32 Å². The van der Waals surface area contributed by atoms with Crippen LogP contribution in [-0.2, 0) is 4.79 Å². The summed E-state index contributed by atoms with van der Waals surface area (Å²) in [6.45, 7) is 4.11. The Morgan fingerprint density at radius 2 is 1.94 bits per heavy atom. The van der Waals surface area contributed by atoms with Crippen LogP contribution in [0, 0.1) is 5.92 Å². The van der Waals surface area contributed by atoms with Gasteiger partial charge in [0.1, 0.15) is 0 Å². The summed E-state index contributed by atoms with van der Waals surface area (Å²) < 4.78 is 0. The first-order valence-electron chi connectivity index (χ1n) is 6.26. The monoisotopic (exact) mass is 250 g/mol. The summed E-state index contributed by atoms with van der Waals surface area (Å²) in [4.78, 5) is 12.1. The van der Waals surface area contributed by atoms with Crippen LogP contribution in [-0.4, -0.2) is 30.2 Å². The van der Waals surface area contributed by atoms with Crippen LogP contribution in [0.15, 0.2) is 30.3 Å². The quantitative estimate of drug-likeness (QED) is 0.701. The van der Waals surface area contributed by atoms with Crippen LogP contribution in [0.1, 0.15) is 25.3 Å². The Balaban J connectivity index is 2.74. The van der Waals surface area contributed by atoms with Gasteiger partial charge in [0.25, 0.3) is 0 Å². The van der Waals surface area contributed by atoms with Gasteiger partial charge in [-0.05, 0) is 11.5 Å². The van der Waals surface area contributed by atoms with Gasteiger partial charge in [0.05, 0.1) is 18.6 Å². The van der Waals surface area contributed by atoms with E-state index in [1.165, 1.54) is 0 Å². The zero-order valence-corrected chi connectivity index (χ0v) is 11.0. The van der Waals surface area contributed by atoms with Gasteiger partial charge in [0.2, 0.25) is 5.91 Å². The van der Waals surface area contributed by atoms with E-state index < -0.39 is 0 Å². The lowest BCUT2D eigenvalue weighted by atomic mass is 9.97. The van der Waals surface area contributed by atoms with E-state index in [0.29, 0.717) is 0 Å². The molecule has 1 rings (SSSR count). The molecule has 0 aliphatic carbocycles. The van der Waals surface area contributed by atoms with Crippen molar-refractivity contribution in [3.05, 3.63) is 35.9 Å². The second kappa shape index (κ2) is 7.13. The lowest BCUT2D eigenvalue weighted by Gasteiger charge is -2.23. The van der Waals surface area contributed by atoms with Gasteiger partial charge in [-0.2, -0.15) is 0 Å². The van der Waals surface area contributed by atoms with Gasteiger partial charge in [0, 0.05) is 6.54 Å². The number of aliphatic hydroxyl groups excluding tert-OH is 1. The van der Waals surface area contributed by atoms with Gasteiger partial charge >= 0.3 is 0 Å². The molecule has 0 heterocycles. The molecular formula is C14H22N2O2. The van der Waals surface area contributed by atoms with Crippen LogP contribution in [0.3, 0.4) is 0 Å². The van der Waals surface area contributed by atoms with Gasteiger partial charge in [-0.3, -0.25) is 4.79 Å². The van der Waals surface area contributed by atoms with Crippen molar-refractivity contribution in [3.8, 4) is 0 Å². The van der Waals surface area contributed by atoms with Crippen molar-refractivity contribution < 1.29 is 9.90 Å². The number of hydrogen-bond acceptors (Lipinski definition) is 3. The topological polar surface area (TPSA) is 75.3 Å². The smallest absolute Gasteiger partial charge is 0.229 e. The predicted molar refractivity (Wildman–Crippen MR) is 72.1 cm³/mol. The Morgan fingerprint density at radius 1 is 1.33 bits per heavy atom. The molecule has 0 radical (unpaired) electrons. The molecular weight excluding hydrogens is 228 g/mol. The molecule has 0 bridgehead atoms. The first-order chi connectivity index (χ1) is 8.60. The average molecular weight is 250 g/mol. The minimum Gasteiger partial charge on any atom is -0.394 e. The maximum Gasteiger partial charge on any atom is 0.229 e. The Labute approximate surface area is 108 Å². The van der Waals surface area contributed by atoms with Gasteiger partial charge < -0.3 is 16.2 Å². The van der Waals surface area contributed by atoms with Crippen LogP contribution in [0.5, 0.6) is 0 Å². The zero-order valence-electron chi connectivity index (χ0n) is 11.0. The minimum atomic E-state index is -0.362. The van der Waals surface area contributed by atoms with E-state index in [1.807, 2.05) is 44.2 Å². The van der Waals surface area contributed by atoms with Crippen molar-refractivity contribution >= 4 is 5.91 Å². The summed E-state index contributed by atoms with van der Waals surface area (Å²) in [5.41, 5.74) is 6.58. The number of amides is 1. The fourth-order valence-corrected chi connectivity index (χ4v) is 1.79. The molecule has 18 heavy (non-hydrogen) atoms. The molecule has 0 aromatic heterocycles. The molecule has 0 fully saturated rings. The third-order valence-corrected chi connectivity index (χ3v) is 3.08. The van der Waals surface area contributed by atoms with Crippen molar-refractivity contribution in [2.45, 2.75) is 25.8 Å². The van der Waals surface area contributed by atoms with Crippen molar-refractivity contribution in [2.24, 2.45) is 11.7 Å². The Hall–Kier alpha value is -1.39. The van der Waals surface area contributed by atoms with Crippen molar-refractivity contribution in [1.82, 2.24) is 5.32 Å². The molecule has 0 aliphatic rings. The molecule has 4 nitrogen and oxygen atoms in total. The highest BCUT2D eigenvalue weighted by atomic mass is 16.3. The number of nitrogens with one attached hydrogen (secondary N) is 1. The molecule has 100 valence electrons. The lowest BCUT2D eigenvalue weighted by Crippen LogP contribution is -2.44. The third kappa shape index (κ3) is 3.82. The van der Waals surface area contributed by atoms with Crippen LogP contribution >= 0.6 is 0 Å². The SMILES string of the molecule is CC(C)[C@@H](CO)NC(=O)C(CN)c1ccccc1. The van der Waals surface area contributed by atoms with E-state index >= 15 is 0 Å². The maximum atomic E-state index is 12.1. The highest BCUT2D eigenvalue weighted by molar-refractivity contribution is 5.84. The largest absolute Gasteiger partial charge is 0.394 e. The first kappa shape index (κ1) is 14.7. The van der Waals surface area contributed by atoms with E-state index in [0.717, 1.165) is 5.56 Å². The van der Waals surface area contributed by atoms with E-state index in [1.54, 1.807) is 0 Å². The third-order valence-electron chi connectivity index (χ3n) is 3.08. The fraction of sp³-hybridized carbons (Fsp3) is 0.500. The van der Waals surface area contributed by atoms with Gasteiger partial charge in [-0.25, -0.2) is 0 Å². The van der Waals surface area contributed by atoms with E-state index in [-0.39, 0.29) is 36.9 Å².